The fourth-order valence-corrected chi connectivity index (χ4v) is 2.44. The van der Waals surface area contributed by atoms with Crippen molar-refractivity contribution in [2.75, 3.05) is 13.1 Å². The first-order valence-corrected chi connectivity index (χ1v) is 6.30. The number of aromatic nitrogens is 1. The van der Waals surface area contributed by atoms with Gasteiger partial charge in [-0.2, -0.15) is 0 Å². The van der Waals surface area contributed by atoms with Crippen molar-refractivity contribution in [1.29, 1.82) is 0 Å². The summed E-state index contributed by atoms with van der Waals surface area (Å²) in [5.74, 6) is -3.22. The molecule has 0 bridgehead atoms. The number of rotatable bonds is 2. The number of pyridine rings is 1. The van der Waals surface area contributed by atoms with Crippen LogP contribution in [0.2, 0.25) is 0 Å². The Hall–Kier alpha value is -2.05. The first kappa shape index (κ1) is 13.0. The Labute approximate surface area is 114 Å². The van der Waals surface area contributed by atoms with E-state index in [1.54, 1.807) is 24.5 Å². The first-order chi connectivity index (χ1) is 9.57. The van der Waals surface area contributed by atoms with E-state index in [1.807, 2.05) is 0 Å². The van der Waals surface area contributed by atoms with Crippen LogP contribution >= 0.6 is 0 Å². The molecule has 0 spiro atoms. The highest BCUT2D eigenvalue weighted by Gasteiger charge is 2.44. The van der Waals surface area contributed by atoms with Crippen molar-refractivity contribution in [1.82, 2.24) is 9.88 Å². The maximum Gasteiger partial charge on any atom is 0.267 e. The van der Waals surface area contributed by atoms with E-state index in [9.17, 15) is 13.6 Å². The SMILES string of the molecule is O=C(C1N=CO[C@H]1c1ccncc1)N1CCC(F)(F)C1. The van der Waals surface area contributed by atoms with E-state index in [2.05, 4.69) is 9.98 Å². The average molecular weight is 281 g/mol. The van der Waals surface area contributed by atoms with E-state index >= 15 is 0 Å². The van der Waals surface area contributed by atoms with Crippen molar-refractivity contribution in [2.45, 2.75) is 24.5 Å². The van der Waals surface area contributed by atoms with E-state index in [0.717, 1.165) is 10.5 Å². The normalized spacial score (nSPS) is 27.6. The summed E-state index contributed by atoms with van der Waals surface area (Å²) in [6.07, 6.45) is 3.52. The molecule has 7 heteroatoms. The molecular formula is C13H13F2N3O2. The number of likely N-dealkylation sites (tertiary alicyclic amines) is 1. The lowest BCUT2D eigenvalue weighted by Crippen LogP contribution is -2.40. The number of amides is 1. The number of ether oxygens (including phenoxy) is 1. The molecule has 1 saturated heterocycles. The number of aliphatic imine (C=N–C) groups is 1. The molecular weight excluding hydrogens is 268 g/mol. The summed E-state index contributed by atoms with van der Waals surface area (Å²) in [6.45, 7) is -0.484. The molecule has 0 N–H and O–H groups in total. The van der Waals surface area contributed by atoms with Crippen LogP contribution in [0, 0.1) is 0 Å². The van der Waals surface area contributed by atoms with E-state index in [-0.39, 0.29) is 13.0 Å². The van der Waals surface area contributed by atoms with E-state index in [1.165, 1.54) is 6.40 Å². The Balaban J connectivity index is 1.76. The molecule has 2 atom stereocenters. The standard InChI is InChI=1S/C13H13F2N3O2/c14-13(15)3-6-18(7-13)12(19)10-11(20-8-17-10)9-1-4-16-5-2-9/h1-2,4-5,8,10-11H,3,6-7H2/t10?,11-/m0/s1. The fraction of sp³-hybridized carbons (Fsp3) is 0.462. The van der Waals surface area contributed by atoms with Gasteiger partial charge in [0.25, 0.3) is 11.8 Å². The van der Waals surface area contributed by atoms with E-state index in [4.69, 9.17) is 4.74 Å². The summed E-state index contributed by atoms with van der Waals surface area (Å²) in [5.41, 5.74) is 0.752. The van der Waals surface area contributed by atoms with Gasteiger partial charge in [0.1, 0.15) is 0 Å². The van der Waals surface area contributed by atoms with Gasteiger partial charge in [0.05, 0.1) is 6.54 Å². The smallest absolute Gasteiger partial charge is 0.267 e. The zero-order valence-corrected chi connectivity index (χ0v) is 10.6. The second-order valence-electron chi connectivity index (χ2n) is 4.90. The highest BCUT2D eigenvalue weighted by molar-refractivity contribution is 5.85. The van der Waals surface area contributed by atoms with Crippen LogP contribution in [0.25, 0.3) is 0 Å². The number of hydrogen-bond acceptors (Lipinski definition) is 4. The fourth-order valence-electron chi connectivity index (χ4n) is 2.44. The molecule has 0 aliphatic carbocycles. The molecule has 0 aromatic carbocycles. The Bertz CT molecular complexity index is 536. The van der Waals surface area contributed by atoms with Crippen molar-refractivity contribution in [2.24, 2.45) is 4.99 Å². The monoisotopic (exact) mass is 281 g/mol. The third-order valence-corrected chi connectivity index (χ3v) is 3.48. The molecule has 1 aromatic rings. The van der Waals surface area contributed by atoms with Crippen LogP contribution in [0.15, 0.2) is 29.5 Å². The maximum atomic E-state index is 13.2. The first-order valence-electron chi connectivity index (χ1n) is 6.30. The molecule has 1 amide bonds. The number of alkyl halides is 2. The summed E-state index contributed by atoms with van der Waals surface area (Å²) in [4.78, 5) is 21.3. The minimum Gasteiger partial charge on any atom is -0.473 e. The van der Waals surface area contributed by atoms with Gasteiger partial charge in [-0.25, -0.2) is 13.8 Å². The third kappa shape index (κ3) is 2.35. The average Bonchev–Trinajstić information content (AvgIpc) is 3.05. The van der Waals surface area contributed by atoms with Crippen molar-refractivity contribution in [3.05, 3.63) is 30.1 Å². The minimum absolute atomic E-state index is 0.0565. The predicted molar refractivity (Wildman–Crippen MR) is 66.5 cm³/mol. The Morgan fingerprint density at radius 2 is 2.15 bits per heavy atom. The van der Waals surface area contributed by atoms with Crippen molar-refractivity contribution >= 4 is 12.3 Å². The quantitative estimate of drug-likeness (QED) is 0.823. The van der Waals surface area contributed by atoms with Gasteiger partial charge in [-0.3, -0.25) is 9.78 Å². The molecule has 0 radical (unpaired) electrons. The van der Waals surface area contributed by atoms with Gasteiger partial charge in [0, 0.05) is 25.4 Å². The molecule has 1 aromatic heterocycles. The van der Waals surface area contributed by atoms with Gasteiger partial charge in [-0.05, 0) is 17.7 Å². The lowest BCUT2D eigenvalue weighted by atomic mass is 10.0. The topological polar surface area (TPSA) is 54.8 Å². The van der Waals surface area contributed by atoms with Crippen LogP contribution < -0.4 is 0 Å². The zero-order valence-electron chi connectivity index (χ0n) is 10.6. The number of carbonyl (C=O) groups excluding carboxylic acids is 1. The van der Waals surface area contributed by atoms with Crippen LogP contribution in [0.3, 0.4) is 0 Å². The predicted octanol–water partition coefficient (Wildman–Crippen LogP) is 1.42. The highest BCUT2D eigenvalue weighted by atomic mass is 19.3. The van der Waals surface area contributed by atoms with E-state index < -0.39 is 30.5 Å². The molecule has 0 saturated carbocycles. The number of nitrogens with zero attached hydrogens (tertiary/aromatic N) is 3. The second-order valence-corrected chi connectivity index (χ2v) is 4.90. The number of hydrogen-bond donors (Lipinski definition) is 0. The summed E-state index contributed by atoms with van der Waals surface area (Å²) in [7, 11) is 0. The van der Waals surface area contributed by atoms with Crippen LogP contribution in [0.5, 0.6) is 0 Å². The van der Waals surface area contributed by atoms with Crippen molar-refractivity contribution in [3.63, 3.8) is 0 Å². The van der Waals surface area contributed by atoms with Gasteiger partial charge < -0.3 is 9.64 Å². The largest absolute Gasteiger partial charge is 0.473 e. The van der Waals surface area contributed by atoms with Crippen LogP contribution in [0.4, 0.5) is 8.78 Å². The summed E-state index contributed by atoms with van der Waals surface area (Å²) in [6, 6.07) is 2.64. The molecule has 5 nitrogen and oxygen atoms in total. The summed E-state index contributed by atoms with van der Waals surface area (Å²) < 4.78 is 31.7. The Morgan fingerprint density at radius 1 is 1.40 bits per heavy atom. The van der Waals surface area contributed by atoms with Gasteiger partial charge in [0.15, 0.2) is 18.5 Å². The van der Waals surface area contributed by atoms with Gasteiger partial charge in [-0.15, -0.1) is 0 Å². The maximum absolute atomic E-state index is 13.2. The molecule has 1 unspecified atom stereocenters. The van der Waals surface area contributed by atoms with Crippen LogP contribution in [-0.2, 0) is 9.53 Å². The zero-order chi connectivity index (χ0) is 14.2. The van der Waals surface area contributed by atoms with Crippen LogP contribution in [-0.4, -0.2) is 47.2 Å². The lowest BCUT2D eigenvalue weighted by molar-refractivity contribution is -0.134. The lowest BCUT2D eigenvalue weighted by Gasteiger charge is -2.22. The highest BCUT2D eigenvalue weighted by Crippen LogP contribution is 2.32. The van der Waals surface area contributed by atoms with Gasteiger partial charge in [0.2, 0.25) is 0 Å². The minimum atomic E-state index is -2.80. The van der Waals surface area contributed by atoms with E-state index in [0.29, 0.717) is 0 Å². The Kier molecular flexibility index (Phi) is 3.11. The molecule has 20 heavy (non-hydrogen) atoms. The molecule has 2 aliphatic rings. The van der Waals surface area contributed by atoms with Gasteiger partial charge >= 0.3 is 0 Å². The molecule has 3 heterocycles. The number of halogens is 2. The molecule has 2 aliphatic heterocycles. The molecule has 3 rings (SSSR count). The van der Waals surface area contributed by atoms with Crippen LogP contribution in [0.1, 0.15) is 18.1 Å². The third-order valence-electron chi connectivity index (χ3n) is 3.48. The second kappa shape index (κ2) is 4.81. The van der Waals surface area contributed by atoms with Crippen molar-refractivity contribution < 1.29 is 18.3 Å². The summed E-state index contributed by atoms with van der Waals surface area (Å²) >= 11 is 0. The Morgan fingerprint density at radius 3 is 2.80 bits per heavy atom. The molecule has 1 fully saturated rings. The molecule has 106 valence electrons. The van der Waals surface area contributed by atoms with Gasteiger partial charge in [-0.1, -0.05) is 0 Å². The number of carbonyl (C=O) groups is 1. The summed E-state index contributed by atoms with van der Waals surface area (Å²) in [5, 5.41) is 0. The van der Waals surface area contributed by atoms with Crippen molar-refractivity contribution in [3.8, 4) is 0 Å².